The maximum absolute atomic E-state index is 13.1. The minimum absolute atomic E-state index is 0.0224. The number of rotatable bonds is 8. The summed E-state index contributed by atoms with van der Waals surface area (Å²) in [6.45, 7) is 2.52. The Morgan fingerprint density at radius 1 is 1.10 bits per heavy atom. The Morgan fingerprint density at radius 2 is 1.84 bits per heavy atom. The Hall–Kier alpha value is -2.14. The molecule has 2 fully saturated rings. The summed E-state index contributed by atoms with van der Waals surface area (Å²) >= 11 is 0. The van der Waals surface area contributed by atoms with Gasteiger partial charge in [0.2, 0.25) is 0 Å². The number of ketones is 1. The Bertz CT molecular complexity index is 909. The zero-order chi connectivity index (χ0) is 22.0. The van der Waals surface area contributed by atoms with Gasteiger partial charge in [-0.3, -0.25) is 4.79 Å². The molecule has 2 nitrogen and oxygen atoms in total. The van der Waals surface area contributed by atoms with Gasteiger partial charge < -0.3 is 5.32 Å². The first kappa shape index (κ1) is 22.1. The number of carbonyl (C=O) groups is 1. The van der Waals surface area contributed by atoms with Gasteiger partial charge in [0, 0.05) is 23.9 Å². The Kier molecular flexibility index (Phi) is 6.52. The van der Waals surface area contributed by atoms with Crippen molar-refractivity contribution in [3.63, 3.8) is 0 Å². The molecule has 166 valence electrons. The van der Waals surface area contributed by atoms with Gasteiger partial charge in [-0.15, -0.1) is 0 Å². The summed E-state index contributed by atoms with van der Waals surface area (Å²) in [5.74, 6) is 0.830. The van der Waals surface area contributed by atoms with E-state index in [1.807, 2.05) is 0 Å². The molecule has 2 aromatic rings. The van der Waals surface area contributed by atoms with E-state index in [-0.39, 0.29) is 17.7 Å². The van der Waals surface area contributed by atoms with Crippen molar-refractivity contribution >= 4 is 5.78 Å². The first-order chi connectivity index (χ1) is 14.8. The van der Waals surface area contributed by atoms with E-state index in [2.05, 4.69) is 29.6 Å². The zero-order valence-electron chi connectivity index (χ0n) is 18.0. The predicted molar refractivity (Wildman–Crippen MR) is 116 cm³/mol. The van der Waals surface area contributed by atoms with E-state index < -0.39 is 11.7 Å². The van der Waals surface area contributed by atoms with Crippen LogP contribution in [0.1, 0.15) is 77.1 Å². The molecule has 5 heteroatoms. The number of benzene rings is 2. The van der Waals surface area contributed by atoms with Crippen molar-refractivity contribution in [2.24, 2.45) is 5.92 Å². The molecule has 1 aliphatic carbocycles. The second-order valence-corrected chi connectivity index (χ2v) is 9.19. The lowest BCUT2D eigenvalue weighted by Crippen LogP contribution is -2.30. The van der Waals surface area contributed by atoms with E-state index in [0.717, 1.165) is 49.4 Å². The second kappa shape index (κ2) is 9.15. The number of halogens is 3. The van der Waals surface area contributed by atoms with Gasteiger partial charge in [-0.05, 0) is 73.9 Å². The molecule has 1 saturated heterocycles. The molecule has 2 aromatic carbocycles. The van der Waals surface area contributed by atoms with Crippen LogP contribution in [0, 0.1) is 12.8 Å². The third kappa shape index (κ3) is 5.57. The van der Waals surface area contributed by atoms with Crippen molar-refractivity contribution in [1.29, 1.82) is 0 Å². The minimum Gasteiger partial charge on any atom is -0.313 e. The fourth-order valence-electron chi connectivity index (χ4n) is 4.72. The van der Waals surface area contributed by atoms with Crippen LogP contribution in [-0.2, 0) is 12.6 Å². The molecule has 0 radical (unpaired) electrons. The molecule has 1 aliphatic heterocycles. The van der Waals surface area contributed by atoms with Crippen molar-refractivity contribution in [3.05, 3.63) is 70.3 Å². The molecule has 0 bridgehead atoms. The van der Waals surface area contributed by atoms with Gasteiger partial charge in [-0.1, -0.05) is 43.2 Å². The number of aryl methyl sites for hydroxylation is 2. The van der Waals surface area contributed by atoms with Gasteiger partial charge >= 0.3 is 6.18 Å². The smallest absolute Gasteiger partial charge is 0.313 e. The van der Waals surface area contributed by atoms with E-state index in [0.29, 0.717) is 17.5 Å². The summed E-state index contributed by atoms with van der Waals surface area (Å²) in [6.07, 6.45) is 3.05. The van der Waals surface area contributed by atoms with Crippen LogP contribution in [0.5, 0.6) is 0 Å². The summed E-state index contributed by atoms with van der Waals surface area (Å²) in [5, 5.41) is 3.52. The summed E-state index contributed by atoms with van der Waals surface area (Å²) in [6, 6.07) is 12.3. The standard InChI is InChI=1S/C26H30F3NO/c1-17-15-21(26(27,28)29)12-13-22(17)25(31)16-23(24-3-2-14-30-24)20-10-8-19(9-11-20)7-6-18-4-5-18/h8-13,15,18,23-24,30H,2-7,14,16H2,1H3/t23-,24?/m0/s1. The molecule has 1 N–H and O–H groups in total. The molecule has 2 atom stereocenters. The first-order valence-electron chi connectivity index (χ1n) is 11.3. The number of Topliss-reactive ketones (excluding diaryl/α,β-unsaturated/α-hetero) is 1. The van der Waals surface area contributed by atoms with Crippen LogP contribution in [-0.4, -0.2) is 18.4 Å². The fourth-order valence-corrected chi connectivity index (χ4v) is 4.72. The summed E-state index contributed by atoms with van der Waals surface area (Å²) < 4.78 is 38.9. The van der Waals surface area contributed by atoms with Crippen LogP contribution < -0.4 is 5.32 Å². The summed E-state index contributed by atoms with van der Waals surface area (Å²) in [7, 11) is 0. The molecule has 1 heterocycles. The quantitative estimate of drug-likeness (QED) is 0.488. The highest BCUT2D eigenvalue weighted by Crippen LogP contribution is 2.35. The molecule has 0 spiro atoms. The molecule has 0 amide bonds. The van der Waals surface area contributed by atoms with Gasteiger partial charge in [0.25, 0.3) is 0 Å². The van der Waals surface area contributed by atoms with E-state index in [1.54, 1.807) is 6.92 Å². The van der Waals surface area contributed by atoms with Crippen LogP contribution in [0.3, 0.4) is 0 Å². The third-order valence-corrected chi connectivity index (χ3v) is 6.79. The van der Waals surface area contributed by atoms with Crippen molar-refractivity contribution in [1.82, 2.24) is 5.32 Å². The highest BCUT2D eigenvalue weighted by atomic mass is 19.4. The average molecular weight is 430 g/mol. The van der Waals surface area contributed by atoms with Crippen LogP contribution in [0.2, 0.25) is 0 Å². The van der Waals surface area contributed by atoms with Crippen molar-refractivity contribution in [2.45, 2.75) is 70.0 Å². The van der Waals surface area contributed by atoms with Crippen LogP contribution >= 0.6 is 0 Å². The van der Waals surface area contributed by atoms with Gasteiger partial charge in [0.05, 0.1) is 5.56 Å². The van der Waals surface area contributed by atoms with Crippen molar-refractivity contribution in [2.75, 3.05) is 6.54 Å². The van der Waals surface area contributed by atoms with Gasteiger partial charge in [-0.2, -0.15) is 13.2 Å². The topological polar surface area (TPSA) is 29.1 Å². The lowest BCUT2D eigenvalue weighted by molar-refractivity contribution is -0.137. The number of alkyl halides is 3. The lowest BCUT2D eigenvalue weighted by Gasteiger charge is -2.24. The maximum Gasteiger partial charge on any atom is 0.416 e. The highest BCUT2D eigenvalue weighted by Gasteiger charge is 2.32. The molecule has 31 heavy (non-hydrogen) atoms. The fraction of sp³-hybridized carbons (Fsp3) is 0.500. The van der Waals surface area contributed by atoms with Gasteiger partial charge in [-0.25, -0.2) is 0 Å². The summed E-state index contributed by atoms with van der Waals surface area (Å²) in [4.78, 5) is 13.1. The molecular weight excluding hydrogens is 399 g/mol. The number of hydrogen-bond donors (Lipinski definition) is 1. The lowest BCUT2D eigenvalue weighted by atomic mass is 9.84. The van der Waals surface area contributed by atoms with Crippen LogP contribution in [0.25, 0.3) is 0 Å². The van der Waals surface area contributed by atoms with Crippen molar-refractivity contribution in [3.8, 4) is 0 Å². The van der Waals surface area contributed by atoms with E-state index >= 15 is 0 Å². The van der Waals surface area contributed by atoms with E-state index in [9.17, 15) is 18.0 Å². The molecule has 4 rings (SSSR count). The SMILES string of the molecule is Cc1cc(C(F)(F)F)ccc1C(=O)C[C@@H](c1ccc(CCC2CC2)cc1)C1CCCN1. The average Bonchev–Trinajstić information content (AvgIpc) is 3.41. The highest BCUT2D eigenvalue weighted by molar-refractivity contribution is 5.98. The Labute approximate surface area is 182 Å². The predicted octanol–water partition coefficient (Wildman–Crippen LogP) is 6.47. The molecule has 2 aliphatic rings. The third-order valence-electron chi connectivity index (χ3n) is 6.79. The molecule has 1 saturated carbocycles. The van der Waals surface area contributed by atoms with Crippen molar-refractivity contribution < 1.29 is 18.0 Å². The van der Waals surface area contributed by atoms with Gasteiger partial charge in [0.1, 0.15) is 0 Å². The van der Waals surface area contributed by atoms with Gasteiger partial charge in [0.15, 0.2) is 5.78 Å². The monoisotopic (exact) mass is 429 g/mol. The van der Waals surface area contributed by atoms with E-state index in [1.165, 1.54) is 30.9 Å². The normalized spacial score (nSPS) is 20.1. The maximum atomic E-state index is 13.1. The molecule has 1 unspecified atom stereocenters. The Balaban J connectivity index is 1.51. The molecule has 0 aromatic heterocycles. The second-order valence-electron chi connectivity index (χ2n) is 9.19. The number of nitrogens with one attached hydrogen (secondary N) is 1. The number of carbonyl (C=O) groups excluding carboxylic acids is 1. The first-order valence-corrected chi connectivity index (χ1v) is 11.3. The summed E-state index contributed by atoms with van der Waals surface area (Å²) in [5.41, 5.74) is 2.52. The molecular formula is C26H30F3NO. The van der Waals surface area contributed by atoms with E-state index in [4.69, 9.17) is 0 Å². The minimum atomic E-state index is -4.40. The van der Waals surface area contributed by atoms with Crippen LogP contribution in [0.15, 0.2) is 42.5 Å². The van der Waals surface area contributed by atoms with Crippen LogP contribution in [0.4, 0.5) is 13.2 Å². The largest absolute Gasteiger partial charge is 0.416 e. The number of hydrogen-bond acceptors (Lipinski definition) is 2. The Morgan fingerprint density at radius 3 is 2.42 bits per heavy atom. The zero-order valence-corrected chi connectivity index (χ0v) is 18.0.